The highest BCUT2D eigenvalue weighted by Gasteiger charge is 1.98. The van der Waals surface area contributed by atoms with E-state index in [-0.39, 0.29) is 10.6 Å². The van der Waals surface area contributed by atoms with Crippen molar-refractivity contribution < 1.29 is 9.13 Å². The third-order valence-electron chi connectivity index (χ3n) is 3.26. The Balaban J connectivity index is 1.66. The van der Waals surface area contributed by atoms with Crippen molar-refractivity contribution in [3.05, 3.63) is 86.8 Å². The fourth-order valence-electron chi connectivity index (χ4n) is 1.98. The zero-order valence-corrected chi connectivity index (χ0v) is 13.7. The summed E-state index contributed by atoms with van der Waals surface area (Å²) in [6.07, 6.45) is 2.61. The summed E-state index contributed by atoms with van der Waals surface area (Å²) in [4.78, 5) is 11.6. The van der Waals surface area contributed by atoms with Crippen LogP contribution in [0.1, 0.15) is 11.1 Å². The number of rotatable bonds is 5. The first kappa shape index (κ1) is 16.7. The minimum absolute atomic E-state index is 0.114. The molecule has 8 heteroatoms. The third kappa shape index (κ3) is 4.45. The molecule has 0 aliphatic heterocycles. The van der Waals surface area contributed by atoms with Crippen molar-refractivity contribution in [3.8, 4) is 5.75 Å². The molecule has 0 aliphatic carbocycles. The number of H-pyrrole nitrogens is 1. The largest absolute Gasteiger partial charge is 0.489 e. The SMILES string of the molecule is O=c1cn[nH]c(=S)n1/N=C/c1ccc(OCc2ccc(F)cc2)cc1. The smallest absolute Gasteiger partial charge is 0.293 e. The van der Waals surface area contributed by atoms with E-state index in [4.69, 9.17) is 17.0 Å². The van der Waals surface area contributed by atoms with E-state index in [1.54, 1.807) is 36.4 Å². The van der Waals surface area contributed by atoms with Crippen molar-refractivity contribution in [2.75, 3.05) is 0 Å². The first-order valence-corrected chi connectivity index (χ1v) is 7.71. The lowest BCUT2D eigenvalue weighted by Crippen LogP contribution is -2.18. The lowest BCUT2D eigenvalue weighted by atomic mass is 10.2. The minimum Gasteiger partial charge on any atom is -0.489 e. The van der Waals surface area contributed by atoms with Gasteiger partial charge in [-0.15, -0.1) is 0 Å². The molecular formula is C17H13FN4O2S. The third-order valence-corrected chi connectivity index (χ3v) is 3.52. The second kappa shape index (κ2) is 7.63. The molecule has 0 radical (unpaired) electrons. The second-order valence-electron chi connectivity index (χ2n) is 5.05. The van der Waals surface area contributed by atoms with Crippen LogP contribution >= 0.6 is 12.2 Å². The van der Waals surface area contributed by atoms with Crippen LogP contribution in [0.2, 0.25) is 0 Å². The highest BCUT2D eigenvalue weighted by Crippen LogP contribution is 2.14. The maximum atomic E-state index is 12.9. The number of nitrogens with zero attached hydrogens (tertiary/aromatic N) is 3. The first-order valence-electron chi connectivity index (χ1n) is 7.30. The van der Waals surface area contributed by atoms with Crippen molar-refractivity contribution in [3.63, 3.8) is 0 Å². The summed E-state index contributed by atoms with van der Waals surface area (Å²) >= 11 is 4.95. The number of hydrogen-bond acceptors (Lipinski definition) is 5. The number of benzene rings is 2. The Morgan fingerprint density at radius 1 is 1.20 bits per heavy atom. The van der Waals surface area contributed by atoms with E-state index < -0.39 is 5.56 Å². The van der Waals surface area contributed by atoms with E-state index in [0.717, 1.165) is 22.0 Å². The number of nitrogens with one attached hydrogen (secondary N) is 1. The molecule has 0 saturated carbocycles. The second-order valence-corrected chi connectivity index (χ2v) is 5.44. The van der Waals surface area contributed by atoms with Crippen LogP contribution in [0.15, 0.2) is 64.6 Å². The van der Waals surface area contributed by atoms with Gasteiger partial charge in [0.05, 0.1) is 6.21 Å². The fourth-order valence-corrected chi connectivity index (χ4v) is 2.17. The van der Waals surface area contributed by atoms with Crippen LogP contribution in [0, 0.1) is 10.6 Å². The molecule has 0 saturated heterocycles. The van der Waals surface area contributed by atoms with Crippen molar-refractivity contribution in [1.82, 2.24) is 14.9 Å². The molecule has 0 amide bonds. The van der Waals surface area contributed by atoms with Gasteiger partial charge in [0.25, 0.3) is 5.56 Å². The summed E-state index contributed by atoms with van der Waals surface area (Å²) in [7, 11) is 0. The molecule has 126 valence electrons. The van der Waals surface area contributed by atoms with Crippen LogP contribution < -0.4 is 10.3 Å². The van der Waals surface area contributed by atoms with Gasteiger partial charge in [-0.05, 0) is 59.7 Å². The fraction of sp³-hybridized carbons (Fsp3) is 0.0588. The van der Waals surface area contributed by atoms with Gasteiger partial charge in [-0.3, -0.25) is 9.89 Å². The van der Waals surface area contributed by atoms with Crippen LogP contribution in [0.3, 0.4) is 0 Å². The van der Waals surface area contributed by atoms with Crippen LogP contribution in [0.5, 0.6) is 5.75 Å². The van der Waals surface area contributed by atoms with Gasteiger partial charge in [-0.2, -0.15) is 14.9 Å². The quantitative estimate of drug-likeness (QED) is 0.564. The molecule has 3 rings (SSSR count). The highest BCUT2D eigenvalue weighted by atomic mass is 32.1. The van der Waals surface area contributed by atoms with Gasteiger partial charge in [0.15, 0.2) is 0 Å². The molecule has 2 aromatic carbocycles. The molecule has 0 unspecified atom stereocenters. The molecule has 6 nitrogen and oxygen atoms in total. The number of halogens is 1. The van der Waals surface area contributed by atoms with Gasteiger partial charge in [0, 0.05) is 0 Å². The first-order chi connectivity index (χ1) is 12.1. The Kier molecular flexibility index (Phi) is 5.10. The summed E-state index contributed by atoms with van der Waals surface area (Å²) < 4.78 is 19.6. The molecule has 25 heavy (non-hydrogen) atoms. The molecule has 0 spiro atoms. The minimum atomic E-state index is -0.417. The molecule has 1 aromatic heterocycles. The predicted molar refractivity (Wildman–Crippen MR) is 93.8 cm³/mol. The van der Waals surface area contributed by atoms with Crippen LogP contribution in [-0.4, -0.2) is 21.1 Å². The summed E-state index contributed by atoms with van der Waals surface area (Å²) in [5, 5.41) is 10.1. The van der Waals surface area contributed by atoms with Crippen molar-refractivity contribution in [1.29, 1.82) is 0 Å². The van der Waals surface area contributed by atoms with Crippen LogP contribution in [-0.2, 0) is 6.61 Å². The van der Waals surface area contributed by atoms with Gasteiger partial charge in [0.2, 0.25) is 4.77 Å². The van der Waals surface area contributed by atoms with Crippen molar-refractivity contribution >= 4 is 18.4 Å². The standard InChI is InChI=1S/C17H13FN4O2S/c18-14-5-1-13(2-6-14)11-24-15-7-3-12(4-8-15)9-20-22-16(23)10-19-21-17(22)25/h1-10H,11H2,(H,21,25)/b20-9+. The predicted octanol–water partition coefficient (Wildman–Crippen LogP) is 2.90. The highest BCUT2D eigenvalue weighted by molar-refractivity contribution is 7.71. The summed E-state index contributed by atoms with van der Waals surface area (Å²) in [6, 6.07) is 13.3. The number of ether oxygens (including phenoxy) is 1. The molecule has 0 atom stereocenters. The number of hydrogen-bond donors (Lipinski definition) is 1. The van der Waals surface area contributed by atoms with Crippen LogP contribution in [0.4, 0.5) is 4.39 Å². The van der Waals surface area contributed by atoms with Gasteiger partial charge in [-0.1, -0.05) is 12.1 Å². The van der Waals surface area contributed by atoms with Crippen molar-refractivity contribution in [2.24, 2.45) is 5.10 Å². The van der Waals surface area contributed by atoms with E-state index in [1.807, 2.05) is 0 Å². The summed E-state index contributed by atoms with van der Waals surface area (Å²) in [5.41, 5.74) is 1.23. The van der Waals surface area contributed by atoms with E-state index in [1.165, 1.54) is 18.3 Å². The molecule has 0 fully saturated rings. The topological polar surface area (TPSA) is 72.3 Å². The van der Waals surface area contributed by atoms with E-state index in [2.05, 4.69) is 15.3 Å². The van der Waals surface area contributed by atoms with E-state index in [0.29, 0.717) is 12.4 Å². The van der Waals surface area contributed by atoms with Crippen LogP contribution in [0.25, 0.3) is 0 Å². The van der Waals surface area contributed by atoms with E-state index in [9.17, 15) is 9.18 Å². The molecular weight excluding hydrogens is 343 g/mol. The summed E-state index contributed by atoms with van der Waals surface area (Å²) in [5.74, 6) is 0.389. The zero-order chi connectivity index (χ0) is 17.6. The van der Waals surface area contributed by atoms with E-state index >= 15 is 0 Å². The van der Waals surface area contributed by atoms with Gasteiger partial charge >= 0.3 is 0 Å². The number of aromatic nitrogens is 3. The normalized spacial score (nSPS) is 10.9. The Hall–Kier alpha value is -3.13. The Labute approximate surface area is 147 Å². The van der Waals surface area contributed by atoms with Crippen molar-refractivity contribution in [2.45, 2.75) is 6.61 Å². The molecule has 1 N–H and O–H groups in total. The maximum absolute atomic E-state index is 12.9. The lowest BCUT2D eigenvalue weighted by Gasteiger charge is -2.06. The average Bonchev–Trinajstić information content (AvgIpc) is 2.62. The molecule has 1 heterocycles. The Morgan fingerprint density at radius 3 is 2.60 bits per heavy atom. The van der Waals surface area contributed by atoms with Gasteiger partial charge < -0.3 is 4.74 Å². The van der Waals surface area contributed by atoms with Gasteiger partial charge in [0.1, 0.15) is 24.4 Å². The number of aromatic amines is 1. The maximum Gasteiger partial charge on any atom is 0.293 e. The Morgan fingerprint density at radius 2 is 1.92 bits per heavy atom. The lowest BCUT2D eigenvalue weighted by molar-refractivity contribution is 0.306. The van der Waals surface area contributed by atoms with Gasteiger partial charge in [-0.25, -0.2) is 4.39 Å². The molecule has 0 bridgehead atoms. The summed E-state index contributed by atoms with van der Waals surface area (Å²) in [6.45, 7) is 0.343. The monoisotopic (exact) mass is 356 g/mol. The average molecular weight is 356 g/mol. The Bertz CT molecular complexity index is 966. The zero-order valence-electron chi connectivity index (χ0n) is 12.9. The molecule has 3 aromatic rings. The molecule has 0 aliphatic rings.